The second kappa shape index (κ2) is 6.84. The zero-order valence-electron chi connectivity index (χ0n) is 13.5. The fourth-order valence-electron chi connectivity index (χ4n) is 2.42. The van der Waals surface area contributed by atoms with Gasteiger partial charge in [0.15, 0.2) is 0 Å². The third-order valence-corrected chi connectivity index (χ3v) is 4.07. The van der Waals surface area contributed by atoms with E-state index in [0.717, 1.165) is 24.0 Å². The summed E-state index contributed by atoms with van der Waals surface area (Å²) in [5.74, 6) is -0.124. The molecule has 1 saturated carbocycles. The van der Waals surface area contributed by atoms with Crippen LogP contribution in [0.2, 0.25) is 0 Å². The van der Waals surface area contributed by atoms with Gasteiger partial charge < -0.3 is 15.7 Å². The number of carbonyl (C=O) groups is 2. The molecule has 0 atom stereocenters. The van der Waals surface area contributed by atoms with Crippen LogP contribution in [0.15, 0.2) is 42.5 Å². The van der Waals surface area contributed by atoms with Gasteiger partial charge in [-0.2, -0.15) is 0 Å². The van der Waals surface area contributed by atoms with E-state index < -0.39 is 0 Å². The Bertz CT molecular complexity index is 782. The van der Waals surface area contributed by atoms with Crippen molar-refractivity contribution in [3.05, 3.63) is 59.2 Å². The van der Waals surface area contributed by atoms with Crippen molar-refractivity contribution >= 4 is 23.2 Å². The van der Waals surface area contributed by atoms with E-state index in [2.05, 4.69) is 10.6 Å². The highest BCUT2D eigenvalue weighted by Gasteiger charge is 2.29. The number of aliphatic hydroxyl groups excluding tert-OH is 1. The maximum absolute atomic E-state index is 12.5. The predicted octanol–water partition coefficient (Wildman–Crippen LogP) is 3.09. The number of anilines is 2. The third kappa shape index (κ3) is 3.81. The molecular weight excluding hydrogens is 304 g/mol. The number of carbonyl (C=O) groups excluding carboxylic acids is 2. The molecule has 2 aromatic carbocycles. The lowest BCUT2D eigenvalue weighted by molar-refractivity contribution is -0.117. The lowest BCUT2D eigenvalue weighted by Gasteiger charge is -2.11. The number of rotatable bonds is 5. The molecule has 0 unspecified atom stereocenters. The van der Waals surface area contributed by atoms with Crippen LogP contribution >= 0.6 is 0 Å². The van der Waals surface area contributed by atoms with Gasteiger partial charge in [0.2, 0.25) is 5.91 Å². The number of amides is 2. The van der Waals surface area contributed by atoms with Crippen molar-refractivity contribution in [1.82, 2.24) is 0 Å². The Balaban J connectivity index is 1.74. The SMILES string of the molecule is Cc1ccc(CO)cc1NC(=O)c1cccc(NC(=O)C2CC2)c1. The van der Waals surface area contributed by atoms with Gasteiger partial charge in [-0.1, -0.05) is 18.2 Å². The summed E-state index contributed by atoms with van der Waals surface area (Å²) in [5, 5.41) is 14.9. The molecule has 1 aliphatic rings. The van der Waals surface area contributed by atoms with Gasteiger partial charge >= 0.3 is 0 Å². The Kier molecular flexibility index (Phi) is 4.62. The van der Waals surface area contributed by atoms with Crippen LogP contribution in [-0.2, 0) is 11.4 Å². The summed E-state index contributed by atoms with van der Waals surface area (Å²) in [4.78, 5) is 24.3. The van der Waals surface area contributed by atoms with Gasteiger partial charge in [0, 0.05) is 22.9 Å². The Morgan fingerprint density at radius 3 is 2.62 bits per heavy atom. The number of nitrogens with one attached hydrogen (secondary N) is 2. The molecule has 1 aliphatic carbocycles. The van der Waals surface area contributed by atoms with Crippen LogP contribution in [0.5, 0.6) is 0 Å². The quantitative estimate of drug-likeness (QED) is 0.791. The zero-order chi connectivity index (χ0) is 17.1. The van der Waals surface area contributed by atoms with E-state index in [9.17, 15) is 14.7 Å². The van der Waals surface area contributed by atoms with Gasteiger partial charge in [-0.25, -0.2) is 0 Å². The normalized spacial score (nSPS) is 13.4. The number of hydrogen-bond acceptors (Lipinski definition) is 3. The fraction of sp³-hybridized carbons (Fsp3) is 0.263. The first-order valence-electron chi connectivity index (χ1n) is 7.99. The Morgan fingerprint density at radius 1 is 1.12 bits per heavy atom. The summed E-state index contributed by atoms with van der Waals surface area (Å²) in [7, 11) is 0. The lowest BCUT2D eigenvalue weighted by atomic mass is 10.1. The van der Waals surface area contributed by atoms with Gasteiger partial charge in [0.05, 0.1) is 6.61 Å². The largest absolute Gasteiger partial charge is 0.392 e. The van der Waals surface area contributed by atoms with Crippen molar-refractivity contribution in [3.8, 4) is 0 Å². The van der Waals surface area contributed by atoms with E-state index in [1.54, 1.807) is 30.3 Å². The smallest absolute Gasteiger partial charge is 0.255 e. The van der Waals surface area contributed by atoms with Gasteiger partial charge in [0.25, 0.3) is 5.91 Å². The zero-order valence-corrected chi connectivity index (χ0v) is 13.5. The van der Waals surface area contributed by atoms with E-state index >= 15 is 0 Å². The standard InChI is InChI=1S/C19H20N2O3/c1-12-5-6-13(11-22)9-17(12)21-19(24)15-3-2-4-16(10-15)20-18(23)14-7-8-14/h2-6,9-10,14,22H,7-8,11H2,1H3,(H,20,23)(H,21,24). The first-order chi connectivity index (χ1) is 11.6. The van der Waals surface area contributed by atoms with Crippen LogP contribution in [0.1, 0.15) is 34.3 Å². The minimum atomic E-state index is -0.254. The molecule has 0 saturated heterocycles. The van der Waals surface area contributed by atoms with Crippen molar-refractivity contribution < 1.29 is 14.7 Å². The molecule has 24 heavy (non-hydrogen) atoms. The summed E-state index contributed by atoms with van der Waals surface area (Å²) >= 11 is 0. The molecule has 0 spiro atoms. The van der Waals surface area contributed by atoms with E-state index in [1.165, 1.54) is 0 Å². The second-order valence-corrected chi connectivity index (χ2v) is 6.11. The van der Waals surface area contributed by atoms with Gasteiger partial charge in [-0.3, -0.25) is 9.59 Å². The van der Waals surface area contributed by atoms with Crippen molar-refractivity contribution in [1.29, 1.82) is 0 Å². The van der Waals surface area contributed by atoms with E-state index in [-0.39, 0.29) is 24.3 Å². The molecule has 0 radical (unpaired) electrons. The lowest BCUT2D eigenvalue weighted by Crippen LogP contribution is -2.16. The highest BCUT2D eigenvalue weighted by molar-refractivity contribution is 6.05. The number of benzene rings is 2. The first-order valence-corrected chi connectivity index (χ1v) is 7.99. The summed E-state index contributed by atoms with van der Waals surface area (Å²) in [6.45, 7) is 1.81. The molecule has 0 aromatic heterocycles. The van der Waals surface area contributed by atoms with Crippen LogP contribution in [0, 0.1) is 12.8 Å². The number of hydrogen-bond donors (Lipinski definition) is 3. The summed E-state index contributed by atoms with van der Waals surface area (Å²) in [6.07, 6.45) is 1.87. The monoisotopic (exact) mass is 324 g/mol. The van der Waals surface area contributed by atoms with Crippen molar-refractivity contribution in [2.45, 2.75) is 26.4 Å². The van der Waals surface area contributed by atoms with Crippen LogP contribution < -0.4 is 10.6 Å². The summed E-state index contributed by atoms with van der Waals surface area (Å²) in [6, 6.07) is 12.3. The van der Waals surface area contributed by atoms with Gasteiger partial charge in [-0.15, -0.1) is 0 Å². The molecule has 0 heterocycles. The molecule has 5 heteroatoms. The van der Waals surface area contributed by atoms with Gasteiger partial charge in [-0.05, 0) is 55.2 Å². The molecule has 3 N–H and O–H groups in total. The molecule has 0 aliphatic heterocycles. The minimum Gasteiger partial charge on any atom is -0.392 e. The van der Waals surface area contributed by atoms with E-state index in [4.69, 9.17) is 0 Å². The molecule has 0 bridgehead atoms. The molecule has 124 valence electrons. The maximum Gasteiger partial charge on any atom is 0.255 e. The molecule has 3 rings (SSSR count). The summed E-state index contributed by atoms with van der Waals surface area (Å²) in [5.41, 5.74) is 3.41. The first kappa shape index (κ1) is 16.2. The van der Waals surface area contributed by atoms with Crippen molar-refractivity contribution in [2.24, 2.45) is 5.92 Å². The molecule has 2 amide bonds. The second-order valence-electron chi connectivity index (χ2n) is 6.11. The van der Waals surface area contributed by atoms with Crippen LogP contribution in [0.4, 0.5) is 11.4 Å². The molecule has 5 nitrogen and oxygen atoms in total. The molecular formula is C19H20N2O3. The molecule has 2 aromatic rings. The van der Waals surface area contributed by atoms with Crippen molar-refractivity contribution in [3.63, 3.8) is 0 Å². The van der Waals surface area contributed by atoms with Crippen LogP contribution in [0.25, 0.3) is 0 Å². The fourth-order valence-corrected chi connectivity index (χ4v) is 2.42. The van der Waals surface area contributed by atoms with Crippen LogP contribution in [0.3, 0.4) is 0 Å². The molecule has 1 fully saturated rings. The Hall–Kier alpha value is -2.66. The Morgan fingerprint density at radius 2 is 1.92 bits per heavy atom. The predicted molar refractivity (Wildman–Crippen MR) is 92.9 cm³/mol. The highest BCUT2D eigenvalue weighted by atomic mass is 16.3. The maximum atomic E-state index is 12.5. The topological polar surface area (TPSA) is 78.4 Å². The average molecular weight is 324 g/mol. The van der Waals surface area contributed by atoms with E-state index in [1.807, 2.05) is 19.1 Å². The Labute approximate surface area is 140 Å². The highest BCUT2D eigenvalue weighted by Crippen LogP contribution is 2.30. The third-order valence-electron chi connectivity index (χ3n) is 4.07. The number of aryl methyl sites for hydroxylation is 1. The van der Waals surface area contributed by atoms with Crippen LogP contribution in [-0.4, -0.2) is 16.9 Å². The van der Waals surface area contributed by atoms with Crippen molar-refractivity contribution in [2.75, 3.05) is 10.6 Å². The van der Waals surface area contributed by atoms with E-state index in [0.29, 0.717) is 16.9 Å². The minimum absolute atomic E-state index is 0.0130. The van der Waals surface area contributed by atoms with Gasteiger partial charge in [0.1, 0.15) is 0 Å². The summed E-state index contributed by atoms with van der Waals surface area (Å²) < 4.78 is 0. The average Bonchev–Trinajstić information content (AvgIpc) is 3.42. The number of aliphatic hydroxyl groups is 1.